The Morgan fingerprint density at radius 1 is 0.930 bits per heavy atom. The molecule has 2 aliphatic rings. The standard InChI is InChI=1S/C30H31F3N6O2.2ClH/c1-41-27-13-12-23(39-29(30(31,32)33)34-35-36-39)14-22(27)16-37-17-24-15-25(40)18-38(24)26(19-37)28(20-8-4-2-5-9-20)21-10-6-3-7-11-21;;/h2-14,24-26,28,40H,15-19H2,1H3;2*1H/t24-,25-,26-;;/m0../s1. The largest absolute Gasteiger partial charge is 0.496 e. The van der Waals surface area contributed by atoms with E-state index in [9.17, 15) is 18.3 Å². The Balaban J connectivity index is 0.00000212. The van der Waals surface area contributed by atoms with Gasteiger partial charge in [-0.1, -0.05) is 60.7 Å². The number of hydrogen-bond acceptors (Lipinski definition) is 7. The van der Waals surface area contributed by atoms with Crippen molar-refractivity contribution in [3.63, 3.8) is 0 Å². The van der Waals surface area contributed by atoms with Crippen molar-refractivity contribution in [1.29, 1.82) is 0 Å². The number of benzene rings is 3. The number of ether oxygens (including phenoxy) is 1. The maximum atomic E-state index is 13.5. The third-order valence-electron chi connectivity index (χ3n) is 8.10. The summed E-state index contributed by atoms with van der Waals surface area (Å²) in [6.07, 6.45) is -4.44. The van der Waals surface area contributed by atoms with Crippen LogP contribution in [-0.4, -0.2) is 80.0 Å². The Bertz CT molecular complexity index is 1440. The number of nitrogens with zero attached hydrogens (tertiary/aromatic N) is 6. The molecule has 2 saturated heterocycles. The molecule has 0 amide bonds. The Hall–Kier alpha value is -3.22. The Morgan fingerprint density at radius 2 is 1.58 bits per heavy atom. The van der Waals surface area contributed by atoms with E-state index in [1.807, 2.05) is 36.4 Å². The molecule has 230 valence electrons. The minimum absolute atomic E-state index is 0. The molecule has 13 heteroatoms. The zero-order valence-electron chi connectivity index (χ0n) is 23.3. The molecule has 0 unspecified atom stereocenters. The van der Waals surface area contributed by atoms with Crippen LogP contribution in [0.25, 0.3) is 5.69 Å². The normalized spacial score (nSPS) is 20.7. The van der Waals surface area contributed by atoms with E-state index in [4.69, 9.17) is 4.74 Å². The maximum Gasteiger partial charge on any atom is 0.453 e. The molecule has 0 bridgehead atoms. The molecule has 1 aromatic heterocycles. The molecule has 2 fully saturated rings. The predicted octanol–water partition coefficient (Wildman–Crippen LogP) is 4.98. The molecule has 4 aromatic rings. The topological polar surface area (TPSA) is 79.5 Å². The summed E-state index contributed by atoms with van der Waals surface area (Å²) in [5, 5.41) is 20.7. The number of piperazine rings is 1. The summed E-state index contributed by atoms with van der Waals surface area (Å²) in [6, 6.07) is 25.8. The van der Waals surface area contributed by atoms with E-state index in [0.29, 0.717) is 36.5 Å². The molecule has 3 aromatic carbocycles. The second kappa shape index (κ2) is 13.6. The third kappa shape index (κ3) is 6.81. The van der Waals surface area contributed by atoms with Gasteiger partial charge in [-0.05, 0) is 46.2 Å². The first-order valence-corrected chi connectivity index (χ1v) is 13.6. The summed E-state index contributed by atoms with van der Waals surface area (Å²) >= 11 is 0. The fourth-order valence-corrected chi connectivity index (χ4v) is 6.43. The van der Waals surface area contributed by atoms with Gasteiger partial charge in [0.05, 0.1) is 18.9 Å². The van der Waals surface area contributed by atoms with Gasteiger partial charge in [0.15, 0.2) is 0 Å². The van der Waals surface area contributed by atoms with Gasteiger partial charge in [-0.2, -0.15) is 17.9 Å². The molecular weight excluding hydrogens is 604 g/mol. The smallest absolute Gasteiger partial charge is 0.453 e. The molecular formula is C30H33Cl2F3N6O2. The van der Waals surface area contributed by atoms with E-state index >= 15 is 0 Å². The zero-order chi connectivity index (χ0) is 28.6. The number of fused-ring (bicyclic) bond motifs is 1. The molecule has 43 heavy (non-hydrogen) atoms. The fourth-order valence-electron chi connectivity index (χ4n) is 6.43. The van der Waals surface area contributed by atoms with Crippen molar-refractivity contribution < 1.29 is 23.0 Å². The molecule has 3 heterocycles. The summed E-state index contributed by atoms with van der Waals surface area (Å²) in [7, 11) is 1.55. The van der Waals surface area contributed by atoms with Gasteiger partial charge in [0, 0.05) is 49.7 Å². The SMILES string of the molecule is COc1ccc(-n2nnnc2C(F)(F)F)cc1CN1C[C@@H]2C[C@H](O)CN2[C@H](C(c2ccccc2)c2ccccc2)C1.Cl.Cl. The van der Waals surface area contributed by atoms with Crippen molar-refractivity contribution >= 4 is 24.8 Å². The number of rotatable bonds is 7. The van der Waals surface area contributed by atoms with E-state index in [-0.39, 0.29) is 48.5 Å². The van der Waals surface area contributed by atoms with Crippen molar-refractivity contribution in [2.45, 2.75) is 43.2 Å². The lowest BCUT2D eigenvalue weighted by Crippen LogP contribution is -2.58. The molecule has 8 nitrogen and oxygen atoms in total. The number of halogens is 5. The van der Waals surface area contributed by atoms with Crippen LogP contribution in [0.3, 0.4) is 0 Å². The number of methoxy groups -OCH3 is 1. The van der Waals surface area contributed by atoms with Gasteiger partial charge in [-0.3, -0.25) is 9.80 Å². The second-order valence-electron chi connectivity index (χ2n) is 10.7. The maximum absolute atomic E-state index is 13.5. The average molecular weight is 638 g/mol. The number of aliphatic hydroxyl groups is 1. The van der Waals surface area contributed by atoms with Crippen LogP contribution in [0.1, 0.15) is 34.9 Å². The van der Waals surface area contributed by atoms with Crippen LogP contribution in [0, 0.1) is 0 Å². The quantitative estimate of drug-likeness (QED) is 0.306. The number of aromatic nitrogens is 4. The lowest BCUT2D eigenvalue weighted by molar-refractivity contribution is -0.146. The predicted molar refractivity (Wildman–Crippen MR) is 160 cm³/mol. The van der Waals surface area contributed by atoms with Crippen LogP contribution in [0.2, 0.25) is 0 Å². The first-order valence-electron chi connectivity index (χ1n) is 13.6. The van der Waals surface area contributed by atoms with Crippen LogP contribution in [0.5, 0.6) is 5.75 Å². The molecule has 1 N–H and O–H groups in total. The van der Waals surface area contributed by atoms with Crippen LogP contribution < -0.4 is 4.74 Å². The number of alkyl halides is 3. The lowest BCUT2D eigenvalue weighted by Gasteiger charge is -2.47. The summed E-state index contributed by atoms with van der Waals surface area (Å²) in [6.45, 7) is 2.48. The van der Waals surface area contributed by atoms with Crippen molar-refractivity contribution in [3.8, 4) is 11.4 Å². The molecule has 6 rings (SSSR count). The average Bonchev–Trinajstić information content (AvgIpc) is 3.61. The molecule has 0 aliphatic carbocycles. The molecule has 2 aliphatic heterocycles. The summed E-state index contributed by atoms with van der Waals surface area (Å²) in [4.78, 5) is 4.75. The van der Waals surface area contributed by atoms with Gasteiger partial charge in [0.2, 0.25) is 0 Å². The van der Waals surface area contributed by atoms with Crippen molar-refractivity contribution in [2.75, 3.05) is 26.7 Å². The van der Waals surface area contributed by atoms with Crippen LogP contribution in [-0.2, 0) is 12.7 Å². The molecule has 3 atom stereocenters. The first-order chi connectivity index (χ1) is 19.8. The third-order valence-corrected chi connectivity index (χ3v) is 8.10. The highest BCUT2D eigenvalue weighted by Crippen LogP contribution is 2.38. The highest BCUT2D eigenvalue weighted by atomic mass is 35.5. The van der Waals surface area contributed by atoms with E-state index in [1.54, 1.807) is 19.2 Å². The van der Waals surface area contributed by atoms with Gasteiger partial charge >= 0.3 is 6.18 Å². The Kier molecular flexibility index (Phi) is 10.3. The summed E-state index contributed by atoms with van der Waals surface area (Å²) in [5.41, 5.74) is 3.33. The monoisotopic (exact) mass is 636 g/mol. The minimum Gasteiger partial charge on any atom is -0.496 e. The van der Waals surface area contributed by atoms with E-state index in [2.05, 4.69) is 49.6 Å². The highest BCUT2D eigenvalue weighted by molar-refractivity contribution is 5.85. The van der Waals surface area contributed by atoms with Gasteiger partial charge in [-0.25, -0.2) is 0 Å². The van der Waals surface area contributed by atoms with Crippen molar-refractivity contribution in [1.82, 2.24) is 30.0 Å². The summed E-state index contributed by atoms with van der Waals surface area (Å²) in [5.74, 6) is -0.545. The number of hydrogen-bond donors (Lipinski definition) is 1. The lowest BCUT2D eigenvalue weighted by atomic mass is 9.82. The van der Waals surface area contributed by atoms with Gasteiger partial charge in [0.25, 0.3) is 5.82 Å². The number of tetrazole rings is 1. The molecule has 0 spiro atoms. The summed E-state index contributed by atoms with van der Waals surface area (Å²) < 4.78 is 46.9. The molecule has 0 saturated carbocycles. The van der Waals surface area contributed by atoms with Crippen LogP contribution in [0.4, 0.5) is 13.2 Å². The first kappa shape index (κ1) is 32.7. The Morgan fingerprint density at radius 3 is 2.19 bits per heavy atom. The van der Waals surface area contributed by atoms with Crippen LogP contribution in [0.15, 0.2) is 78.9 Å². The van der Waals surface area contributed by atoms with Crippen LogP contribution >= 0.6 is 24.8 Å². The molecule has 0 radical (unpaired) electrons. The highest BCUT2D eigenvalue weighted by Gasteiger charge is 2.44. The Labute approximate surface area is 260 Å². The number of aliphatic hydroxyl groups excluding tert-OH is 1. The van der Waals surface area contributed by atoms with Crippen molar-refractivity contribution in [2.24, 2.45) is 0 Å². The van der Waals surface area contributed by atoms with Gasteiger partial charge in [-0.15, -0.1) is 29.9 Å². The second-order valence-corrected chi connectivity index (χ2v) is 10.7. The van der Waals surface area contributed by atoms with Crippen molar-refractivity contribution in [3.05, 3.63) is 101 Å². The van der Waals surface area contributed by atoms with Gasteiger partial charge < -0.3 is 9.84 Å². The van der Waals surface area contributed by atoms with E-state index in [1.165, 1.54) is 17.2 Å². The zero-order valence-corrected chi connectivity index (χ0v) is 25.0. The fraction of sp³-hybridized carbons (Fsp3) is 0.367. The van der Waals surface area contributed by atoms with E-state index in [0.717, 1.165) is 12.1 Å². The van der Waals surface area contributed by atoms with E-state index < -0.39 is 18.1 Å². The minimum atomic E-state index is -4.69. The van der Waals surface area contributed by atoms with Gasteiger partial charge in [0.1, 0.15) is 5.75 Å².